The van der Waals surface area contributed by atoms with Crippen LogP contribution in [-0.2, 0) is 14.8 Å². The molecule has 2 aromatic rings. The van der Waals surface area contributed by atoms with Crippen molar-refractivity contribution < 1.29 is 22.9 Å². The van der Waals surface area contributed by atoms with Crippen LogP contribution in [0.2, 0.25) is 0 Å². The first-order valence-corrected chi connectivity index (χ1v) is 10.4. The fraction of sp³-hybridized carbons (Fsp3) is 0.368. The molecule has 1 aromatic heterocycles. The Morgan fingerprint density at radius 2 is 1.75 bits per heavy atom. The normalized spacial score (nSPS) is 11.3. The molecule has 2 rings (SSSR count). The smallest absolute Gasteiger partial charge is 0.274 e. The van der Waals surface area contributed by atoms with Crippen LogP contribution in [0, 0.1) is 0 Å². The van der Waals surface area contributed by atoms with Gasteiger partial charge in [-0.1, -0.05) is 13.8 Å². The van der Waals surface area contributed by atoms with E-state index in [1.54, 1.807) is 63.2 Å². The molecule has 0 aliphatic heterocycles. The number of H-pyrrole nitrogens is 1. The van der Waals surface area contributed by atoms with Crippen LogP contribution in [0.1, 0.15) is 13.8 Å². The number of aromatic amines is 1. The first kappa shape index (κ1) is 21.6. The first-order chi connectivity index (χ1) is 13.3. The highest BCUT2D eigenvalue weighted by Crippen LogP contribution is 2.16. The fourth-order valence-electron chi connectivity index (χ4n) is 2.69. The predicted molar refractivity (Wildman–Crippen MR) is 108 cm³/mol. The molecular weight excluding hydrogens is 380 g/mol. The summed E-state index contributed by atoms with van der Waals surface area (Å²) < 4.78 is 31.5. The molecule has 0 saturated heterocycles. The summed E-state index contributed by atoms with van der Waals surface area (Å²) in [6.45, 7) is 4.52. The van der Waals surface area contributed by atoms with Gasteiger partial charge in [0.05, 0.1) is 14.2 Å². The van der Waals surface area contributed by atoms with Gasteiger partial charge in [-0.25, -0.2) is 13.4 Å². The maximum atomic E-state index is 12.5. The van der Waals surface area contributed by atoms with E-state index in [0.717, 1.165) is 0 Å². The molecule has 0 fully saturated rings. The number of anilines is 2. The molecule has 0 saturated carbocycles. The van der Waals surface area contributed by atoms with E-state index in [1.165, 1.54) is 16.6 Å². The van der Waals surface area contributed by atoms with Crippen LogP contribution in [0.25, 0.3) is 0 Å². The van der Waals surface area contributed by atoms with Crippen molar-refractivity contribution in [2.45, 2.75) is 18.7 Å². The van der Waals surface area contributed by atoms with Crippen LogP contribution in [0.4, 0.5) is 11.5 Å². The fourth-order valence-corrected chi connectivity index (χ4v) is 4.11. The van der Waals surface area contributed by atoms with Crippen molar-refractivity contribution in [1.82, 2.24) is 4.31 Å². The van der Waals surface area contributed by atoms with E-state index in [9.17, 15) is 13.2 Å². The van der Waals surface area contributed by atoms with Gasteiger partial charge in [-0.2, -0.15) is 4.31 Å². The molecule has 0 spiro atoms. The van der Waals surface area contributed by atoms with Gasteiger partial charge < -0.3 is 10.1 Å². The minimum atomic E-state index is -3.52. The van der Waals surface area contributed by atoms with E-state index < -0.39 is 10.0 Å². The number of sulfonamides is 1. The minimum Gasteiger partial charge on any atom is -0.497 e. The van der Waals surface area contributed by atoms with Gasteiger partial charge in [0, 0.05) is 24.8 Å². The number of pyridine rings is 1. The van der Waals surface area contributed by atoms with Crippen LogP contribution in [0.15, 0.2) is 47.5 Å². The van der Waals surface area contributed by atoms with Crippen molar-refractivity contribution in [3.8, 4) is 5.75 Å². The standard InChI is InChI=1S/C19H26N4O4S/c1-5-23(6-2)28(25,26)17-11-12-18(20-13-17)22(3)14-19(24)21-15-7-9-16(27-4)10-8-15/h7-13H,5-6,14H2,1-4H3,(H,21,24)/p+1. The van der Waals surface area contributed by atoms with Gasteiger partial charge in [0.25, 0.3) is 11.7 Å². The molecular formula is C19H27N4O4S+. The van der Waals surface area contributed by atoms with Crippen LogP contribution < -0.4 is 19.9 Å². The summed E-state index contributed by atoms with van der Waals surface area (Å²) >= 11 is 0. The highest BCUT2D eigenvalue weighted by Gasteiger charge is 2.24. The summed E-state index contributed by atoms with van der Waals surface area (Å²) in [6.07, 6.45) is 1.45. The van der Waals surface area contributed by atoms with Crippen molar-refractivity contribution >= 4 is 27.4 Å². The van der Waals surface area contributed by atoms with E-state index in [2.05, 4.69) is 10.3 Å². The summed E-state index contributed by atoms with van der Waals surface area (Å²) in [4.78, 5) is 17.1. The average Bonchev–Trinajstić information content (AvgIpc) is 2.69. The molecule has 0 bridgehead atoms. The Morgan fingerprint density at radius 1 is 1.11 bits per heavy atom. The van der Waals surface area contributed by atoms with Gasteiger partial charge in [0.2, 0.25) is 10.0 Å². The molecule has 28 heavy (non-hydrogen) atoms. The Hall–Kier alpha value is -2.65. The van der Waals surface area contributed by atoms with Gasteiger partial charge in [0.1, 0.15) is 16.8 Å². The van der Waals surface area contributed by atoms with E-state index in [0.29, 0.717) is 30.3 Å². The number of methoxy groups -OCH3 is 1. The van der Waals surface area contributed by atoms with Crippen LogP contribution in [0.3, 0.4) is 0 Å². The molecule has 1 amide bonds. The molecule has 1 aromatic carbocycles. The Bertz CT molecular complexity index is 879. The molecule has 2 N–H and O–H groups in total. The highest BCUT2D eigenvalue weighted by molar-refractivity contribution is 7.89. The molecule has 1 heterocycles. The number of aromatic nitrogens is 1. The second-order valence-electron chi connectivity index (χ2n) is 6.13. The quantitative estimate of drug-likeness (QED) is 0.682. The third kappa shape index (κ3) is 5.20. The van der Waals surface area contributed by atoms with Crippen molar-refractivity contribution in [3.05, 3.63) is 42.6 Å². The van der Waals surface area contributed by atoms with Crippen LogP contribution in [0.5, 0.6) is 5.75 Å². The Balaban J connectivity index is 2.02. The molecule has 0 aliphatic carbocycles. The van der Waals surface area contributed by atoms with Gasteiger partial charge in [0.15, 0.2) is 6.54 Å². The molecule has 0 unspecified atom stereocenters. The van der Waals surface area contributed by atoms with E-state index in [4.69, 9.17) is 4.74 Å². The lowest BCUT2D eigenvalue weighted by molar-refractivity contribution is -0.366. The van der Waals surface area contributed by atoms with Crippen molar-refractivity contribution in [2.75, 3.05) is 44.0 Å². The maximum Gasteiger partial charge on any atom is 0.274 e. The molecule has 8 nitrogen and oxygen atoms in total. The molecule has 0 aliphatic rings. The second-order valence-corrected chi connectivity index (χ2v) is 8.07. The highest BCUT2D eigenvalue weighted by atomic mass is 32.2. The van der Waals surface area contributed by atoms with Crippen molar-refractivity contribution in [3.63, 3.8) is 0 Å². The number of nitrogens with zero attached hydrogens (tertiary/aromatic N) is 2. The Kier molecular flexibility index (Phi) is 7.36. The van der Waals surface area contributed by atoms with E-state index >= 15 is 0 Å². The lowest BCUT2D eigenvalue weighted by atomic mass is 10.3. The number of carbonyl (C=O) groups excluding carboxylic acids is 1. The number of hydrogen-bond acceptors (Lipinski definition) is 5. The van der Waals surface area contributed by atoms with Crippen LogP contribution >= 0.6 is 0 Å². The van der Waals surface area contributed by atoms with Gasteiger partial charge in [-0.05, 0) is 30.3 Å². The van der Waals surface area contributed by atoms with Gasteiger partial charge in [-0.3, -0.25) is 9.69 Å². The molecule has 0 atom stereocenters. The maximum absolute atomic E-state index is 12.5. The lowest BCUT2D eigenvalue weighted by Crippen LogP contribution is -2.34. The predicted octanol–water partition coefficient (Wildman–Crippen LogP) is 1.61. The number of ether oxygens (including phenoxy) is 1. The third-order valence-electron chi connectivity index (χ3n) is 4.28. The number of likely N-dealkylation sites (N-methyl/N-ethyl adjacent to an activating group) is 1. The number of carbonyl (C=O) groups is 1. The average molecular weight is 408 g/mol. The first-order valence-electron chi connectivity index (χ1n) is 8.98. The number of amides is 1. The van der Waals surface area contributed by atoms with E-state index in [-0.39, 0.29) is 17.3 Å². The van der Waals surface area contributed by atoms with Crippen molar-refractivity contribution in [1.29, 1.82) is 0 Å². The van der Waals surface area contributed by atoms with Gasteiger partial charge in [-0.15, -0.1) is 0 Å². The summed E-state index contributed by atoms with van der Waals surface area (Å²) in [7, 11) is -0.190. The number of nitrogens with one attached hydrogen (secondary N) is 2. The minimum absolute atomic E-state index is 0.102. The van der Waals surface area contributed by atoms with Gasteiger partial charge >= 0.3 is 0 Å². The second kappa shape index (κ2) is 9.52. The molecule has 9 heteroatoms. The Morgan fingerprint density at radius 3 is 2.25 bits per heavy atom. The SMILES string of the molecule is CCN(CC)S(=O)(=O)c1ccc(N(C)CC(=O)Nc2ccc(OC)cc2)[nH+]c1. The summed E-state index contributed by atoms with van der Waals surface area (Å²) in [5, 5.41) is 2.81. The summed E-state index contributed by atoms with van der Waals surface area (Å²) in [5.41, 5.74) is 0.670. The topological polar surface area (TPSA) is 93.1 Å². The third-order valence-corrected chi connectivity index (χ3v) is 6.32. The molecule has 152 valence electrons. The zero-order valence-corrected chi connectivity index (χ0v) is 17.4. The number of hydrogen-bond donors (Lipinski definition) is 1. The Labute approximate surface area is 166 Å². The monoisotopic (exact) mass is 407 g/mol. The number of benzene rings is 1. The zero-order chi connectivity index (χ0) is 20.7. The largest absolute Gasteiger partial charge is 0.497 e. The van der Waals surface area contributed by atoms with E-state index in [1.807, 2.05) is 0 Å². The van der Waals surface area contributed by atoms with Crippen LogP contribution in [-0.4, -0.2) is 52.4 Å². The summed E-state index contributed by atoms with van der Waals surface area (Å²) in [5.74, 6) is 1.15. The lowest BCUT2D eigenvalue weighted by Gasteiger charge is -2.18. The number of rotatable bonds is 9. The molecule has 0 radical (unpaired) electrons. The van der Waals surface area contributed by atoms with Crippen molar-refractivity contribution in [2.24, 2.45) is 0 Å². The zero-order valence-electron chi connectivity index (χ0n) is 16.6. The summed E-state index contributed by atoms with van der Waals surface area (Å²) in [6, 6.07) is 10.2.